The lowest BCUT2D eigenvalue weighted by Gasteiger charge is -3.03. The lowest BCUT2D eigenvalue weighted by atomic mass is 9.01. The third kappa shape index (κ3) is 0.615. The molecule has 0 radical (unpaired) electrons. The molecule has 5 fully saturated rings. The molecule has 0 aliphatic heterocycles. The molecule has 0 aromatic heterocycles. The van der Waals surface area contributed by atoms with Crippen molar-refractivity contribution >= 4 is 0 Å². The fourth-order valence-corrected chi connectivity index (χ4v) is 10.1. The molecule has 5 saturated carbocycles. The van der Waals surface area contributed by atoms with Crippen molar-refractivity contribution < 1.29 is 0 Å². The number of hydrogen-bond donors (Lipinski definition) is 0. The maximum Gasteiger partial charge on any atom is -0.0168 e. The Balaban J connectivity index is 1.64. The Hall–Kier alpha value is 0. The Morgan fingerprint density at radius 3 is 1.85 bits per heavy atom. The summed E-state index contributed by atoms with van der Waals surface area (Å²) in [5, 5.41) is 0. The van der Waals surface area contributed by atoms with E-state index in [1.54, 1.807) is 0 Å². The molecule has 10 unspecified atom stereocenters. The Bertz CT molecular complexity index is 546. The maximum absolute atomic E-state index is 2.70. The summed E-state index contributed by atoms with van der Waals surface area (Å²) < 4.78 is 0. The van der Waals surface area contributed by atoms with Gasteiger partial charge in [0, 0.05) is 0 Å². The largest absolute Gasteiger partial charge is 0.0619 e. The summed E-state index contributed by atoms with van der Waals surface area (Å²) >= 11 is 0. The van der Waals surface area contributed by atoms with Crippen molar-refractivity contribution in [1.82, 2.24) is 0 Å². The van der Waals surface area contributed by atoms with Gasteiger partial charge in [-0.05, 0) is 69.0 Å². The van der Waals surface area contributed by atoms with Crippen molar-refractivity contribution in [3.63, 3.8) is 0 Å². The van der Waals surface area contributed by atoms with Crippen molar-refractivity contribution in [2.45, 2.75) is 61.8 Å². The first-order valence-corrected chi connectivity index (χ1v) is 9.04. The summed E-state index contributed by atoms with van der Waals surface area (Å²) in [5.74, 6) is 6.20. The highest BCUT2D eigenvalue weighted by atomic mass is 15.0. The predicted molar refractivity (Wildman–Crippen MR) is 83.1 cm³/mol. The quantitative estimate of drug-likeness (QED) is 0.529. The van der Waals surface area contributed by atoms with Gasteiger partial charge in [0.05, 0.1) is 0 Å². The van der Waals surface area contributed by atoms with Crippen molar-refractivity contribution in [1.29, 1.82) is 0 Å². The first-order valence-electron chi connectivity index (χ1n) is 9.04. The van der Waals surface area contributed by atoms with Gasteiger partial charge in [-0.1, -0.05) is 55.4 Å². The van der Waals surface area contributed by atoms with E-state index in [1.807, 2.05) is 0 Å². The predicted octanol–water partition coefficient (Wildman–Crippen LogP) is 5.23. The summed E-state index contributed by atoms with van der Waals surface area (Å²) in [6.45, 7) is 20.9. The summed E-state index contributed by atoms with van der Waals surface area (Å²) in [4.78, 5) is 0. The van der Waals surface area contributed by atoms with E-state index in [2.05, 4.69) is 55.4 Å². The third-order valence-corrected chi connectivity index (χ3v) is 11.9. The second kappa shape index (κ2) is 2.56. The molecule has 0 heteroatoms. The van der Waals surface area contributed by atoms with Crippen LogP contribution in [0.15, 0.2) is 0 Å². The molecule has 5 aliphatic rings. The van der Waals surface area contributed by atoms with Crippen LogP contribution in [0.4, 0.5) is 0 Å². The van der Waals surface area contributed by atoms with Crippen LogP contribution in [0.5, 0.6) is 0 Å². The van der Waals surface area contributed by atoms with Gasteiger partial charge >= 0.3 is 0 Å². The molecular weight excluding hydrogens is 240 g/mol. The smallest absolute Gasteiger partial charge is 0.0168 e. The van der Waals surface area contributed by atoms with Gasteiger partial charge in [-0.15, -0.1) is 0 Å². The Morgan fingerprint density at radius 1 is 0.700 bits per heavy atom. The summed E-state index contributed by atoms with van der Waals surface area (Å²) in [6.07, 6.45) is 1.53. The molecule has 0 saturated heterocycles. The van der Waals surface area contributed by atoms with E-state index < -0.39 is 0 Å². The van der Waals surface area contributed by atoms with Crippen LogP contribution in [-0.4, -0.2) is 0 Å². The van der Waals surface area contributed by atoms with Crippen LogP contribution >= 0.6 is 0 Å². The molecule has 5 rings (SSSR count). The van der Waals surface area contributed by atoms with E-state index in [1.165, 1.54) is 6.42 Å². The minimum atomic E-state index is 0.547. The molecule has 0 bridgehead atoms. The van der Waals surface area contributed by atoms with E-state index >= 15 is 0 Å². The molecule has 0 N–H and O–H groups in total. The third-order valence-electron chi connectivity index (χ3n) is 11.9. The first kappa shape index (κ1) is 12.5. The van der Waals surface area contributed by atoms with Crippen LogP contribution in [-0.2, 0) is 0 Å². The molecule has 10 atom stereocenters. The minimum Gasteiger partial charge on any atom is -0.0619 e. The highest BCUT2D eigenvalue weighted by molar-refractivity contribution is 5.46. The topological polar surface area (TPSA) is 0 Å². The van der Waals surface area contributed by atoms with Crippen LogP contribution in [0.25, 0.3) is 0 Å². The molecule has 0 nitrogen and oxygen atoms in total. The van der Waals surface area contributed by atoms with Crippen LogP contribution in [0, 0.1) is 62.6 Å². The van der Waals surface area contributed by atoms with E-state index in [-0.39, 0.29) is 0 Å². The number of hydrogen-bond acceptors (Lipinski definition) is 0. The van der Waals surface area contributed by atoms with Crippen molar-refractivity contribution in [2.75, 3.05) is 0 Å². The lowest BCUT2D eigenvalue weighted by molar-refractivity contribution is -0.564. The minimum absolute atomic E-state index is 0.547. The summed E-state index contributed by atoms with van der Waals surface area (Å²) in [5.41, 5.74) is 3.11. The zero-order chi connectivity index (χ0) is 14.7. The average Bonchev–Trinajstić information content (AvgIpc) is 2.41. The van der Waals surface area contributed by atoms with Gasteiger partial charge in [0.25, 0.3) is 0 Å². The van der Waals surface area contributed by atoms with Crippen molar-refractivity contribution in [2.24, 2.45) is 62.6 Å². The van der Waals surface area contributed by atoms with Gasteiger partial charge in [0.1, 0.15) is 0 Å². The zero-order valence-electron chi connectivity index (χ0n) is 14.7. The van der Waals surface area contributed by atoms with E-state index in [0.29, 0.717) is 27.1 Å². The van der Waals surface area contributed by atoms with E-state index in [0.717, 1.165) is 35.5 Å². The fourth-order valence-electron chi connectivity index (χ4n) is 10.1. The Labute approximate surface area is 125 Å². The second-order valence-corrected chi connectivity index (χ2v) is 10.7. The summed E-state index contributed by atoms with van der Waals surface area (Å²) in [6, 6.07) is 0. The van der Waals surface area contributed by atoms with Gasteiger partial charge in [-0.3, -0.25) is 0 Å². The van der Waals surface area contributed by atoms with Gasteiger partial charge in [0.15, 0.2) is 0 Å². The molecule has 0 heterocycles. The fraction of sp³-hybridized carbons (Fsp3) is 1.00. The SMILES string of the molecule is CC1C2C3C4C5CC(C)C5(C)C4(C)C3(C)C2(C)C1(C)C. The van der Waals surface area contributed by atoms with Crippen LogP contribution in [0.3, 0.4) is 0 Å². The molecular formula is C20H32. The molecule has 20 heavy (non-hydrogen) atoms. The number of rotatable bonds is 0. The van der Waals surface area contributed by atoms with Crippen LogP contribution in [0.2, 0.25) is 0 Å². The summed E-state index contributed by atoms with van der Waals surface area (Å²) in [7, 11) is 0. The van der Waals surface area contributed by atoms with Crippen LogP contribution in [0.1, 0.15) is 61.8 Å². The normalized spacial score (nSPS) is 78.0. The highest BCUT2D eigenvalue weighted by Gasteiger charge is 2.99. The van der Waals surface area contributed by atoms with Gasteiger partial charge in [0.2, 0.25) is 0 Å². The van der Waals surface area contributed by atoms with Gasteiger partial charge < -0.3 is 0 Å². The number of fused-ring (bicyclic) bond motifs is 10. The van der Waals surface area contributed by atoms with E-state index in [4.69, 9.17) is 0 Å². The van der Waals surface area contributed by atoms with Crippen LogP contribution < -0.4 is 0 Å². The molecule has 5 aliphatic carbocycles. The monoisotopic (exact) mass is 272 g/mol. The molecule has 0 amide bonds. The van der Waals surface area contributed by atoms with Gasteiger partial charge in [-0.2, -0.15) is 0 Å². The Kier molecular flexibility index (Phi) is 1.61. The van der Waals surface area contributed by atoms with E-state index in [9.17, 15) is 0 Å². The van der Waals surface area contributed by atoms with Crippen molar-refractivity contribution in [3.8, 4) is 0 Å². The Morgan fingerprint density at radius 2 is 1.30 bits per heavy atom. The first-order chi connectivity index (χ1) is 9.04. The maximum atomic E-state index is 2.70. The average molecular weight is 272 g/mol. The second-order valence-electron chi connectivity index (χ2n) is 10.7. The standard InChI is InChI=1S/C20H32/c1-10-9-12-14-15-13-11(2)16(3,4)18(13,6)20(15,8)19(14,7)17(10,12)5/h10-15H,9H2,1-8H3. The zero-order valence-corrected chi connectivity index (χ0v) is 14.7. The molecule has 112 valence electrons. The van der Waals surface area contributed by atoms with Crippen molar-refractivity contribution in [3.05, 3.63) is 0 Å². The highest BCUT2D eigenvalue weighted by Crippen LogP contribution is 3.03. The van der Waals surface area contributed by atoms with Gasteiger partial charge in [-0.25, -0.2) is 0 Å². The molecule has 0 aromatic carbocycles. The molecule has 0 aromatic rings. The molecule has 0 spiro atoms. The lowest BCUT2D eigenvalue weighted by Crippen LogP contribution is -2.99.